The van der Waals surface area contributed by atoms with E-state index in [1.807, 2.05) is 38.2 Å². The average Bonchev–Trinajstić information content (AvgIpc) is 2.92. The Balaban J connectivity index is 2.44. The number of ether oxygens (including phenoxy) is 1. The van der Waals surface area contributed by atoms with E-state index < -0.39 is 29.9 Å². The lowest BCUT2D eigenvalue weighted by Gasteiger charge is -2.25. The molecule has 0 aliphatic carbocycles. The van der Waals surface area contributed by atoms with E-state index in [0.717, 1.165) is 18.4 Å². The molecule has 0 radical (unpaired) electrons. The molecule has 30 heavy (non-hydrogen) atoms. The van der Waals surface area contributed by atoms with Gasteiger partial charge in [-0.15, -0.1) is 0 Å². The normalized spacial score (nSPS) is 24.6. The summed E-state index contributed by atoms with van der Waals surface area (Å²) in [4.78, 5) is 12.1. The minimum atomic E-state index is -2.25. The van der Waals surface area contributed by atoms with Crippen LogP contribution in [0, 0.1) is 5.92 Å². The Morgan fingerprint density at radius 3 is 2.40 bits per heavy atom. The molecule has 0 saturated heterocycles. The van der Waals surface area contributed by atoms with Crippen LogP contribution >= 0.6 is 0 Å². The second-order valence-corrected chi connectivity index (χ2v) is 8.14. The maximum Gasteiger partial charge on any atom is 0.298 e. The Hall–Kier alpha value is -1.73. The Kier molecular flexibility index (Phi) is 10.7. The number of aliphatic hydroxyl groups excluding tert-OH is 3. The second-order valence-electron chi connectivity index (χ2n) is 8.14. The SMILES string of the molecule is CCC/C=C(\C)[C@H](O)[C@H](C)/C=C/C=C/CCC(O)CC1=C(C)C(=O)C(O)(C(C)O)O1. The van der Waals surface area contributed by atoms with Gasteiger partial charge in [0.2, 0.25) is 5.78 Å². The van der Waals surface area contributed by atoms with Gasteiger partial charge in [0.1, 0.15) is 11.9 Å². The molecule has 1 aliphatic rings. The predicted octanol–water partition coefficient (Wildman–Crippen LogP) is 3.32. The van der Waals surface area contributed by atoms with Crippen molar-refractivity contribution in [3.8, 4) is 0 Å². The molecule has 1 aliphatic heterocycles. The maximum absolute atomic E-state index is 12.1. The van der Waals surface area contributed by atoms with Crippen molar-refractivity contribution in [2.24, 2.45) is 5.92 Å². The summed E-state index contributed by atoms with van der Waals surface area (Å²) in [5.41, 5.74) is 1.22. The number of Topliss-reactive ketones (excluding diaryl/α,β-unsaturated/α-hetero) is 1. The summed E-state index contributed by atoms with van der Waals surface area (Å²) in [5, 5.41) is 40.2. The molecule has 6 heteroatoms. The Bertz CT molecular complexity index is 688. The first-order valence-electron chi connectivity index (χ1n) is 10.7. The van der Waals surface area contributed by atoms with Crippen molar-refractivity contribution in [2.75, 3.05) is 0 Å². The number of carbonyl (C=O) groups is 1. The second kappa shape index (κ2) is 12.2. The van der Waals surface area contributed by atoms with E-state index in [4.69, 9.17) is 4.74 Å². The van der Waals surface area contributed by atoms with Crippen LogP contribution in [0.5, 0.6) is 0 Å². The monoisotopic (exact) mass is 422 g/mol. The van der Waals surface area contributed by atoms with Crippen molar-refractivity contribution in [2.45, 2.75) is 90.8 Å². The van der Waals surface area contributed by atoms with E-state index in [1.165, 1.54) is 13.8 Å². The molecular weight excluding hydrogens is 384 g/mol. The van der Waals surface area contributed by atoms with E-state index in [0.29, 0.717) is 12.8 Å². The van der Waals surface area contributed by atoms with Gasteiger partial charge in [0.15, 0.2) is 0 Å². The van der Waals surface area contributed by atoms with Gasteiger partial charge in [-0.2, -0.15) is 0 Å². The largest absolute Gasteiger partial charge is 0.456 e. The molecule has 4 N–H and O–H groups in total. The van der Waals surface area contributed by atoms with E-state index in [9.17, 15) is 25.2 Å². The van der Waals surface area contributed by atoms with Crippen LogP contribution in [-0.2, 0) is 9.53 Å². The first-order valence-corrected chi connectivity index (χ1v) is 10.7. The number of hydrogen-bond donors (Lipinski definition) is 4. The van der Waals surface area contributed by atoms with Crippen molar-refractivity contribution in [1.29, 1.82) is 0 Å². The quantitative estimate of drug-likeness (QED) is 0.284. The third-order valence-corrected chi connectivity index (χ3v) is 5.40. The zero-order valence-electron chi connectivity index (χ0n) is 18.8. The molecule has 0 aromatic rings. The van der Waals surface area contributed by atoms with Gasteiger partial charge >= 0.3 is 0 Å². The molecule has 1 heterocycles. The highest BCUT2D eigenvalue weighted by Crippen LogP contribution is 2.34. The first kappa shape index (κ1) is 26.3. The van der Waals surface area contributed by atoms with Crippen LogP contribution in [0.15, 0.2) is 47.3 Å². The number of ketones is 1. The fourth-order valence-electron chi connectivity index (χ4n) is 3.21. The molecule has 0 saturated carbocycles. The van der Waals surface area contributed by atoms with E-state index in [1.54, 1.807) is 0 Å². The molecule has 0 amide bonds. The van der Waals surface area contributed by atoms with Crippen LogP contribution in [0.25, 0.3) is 0 Å². The molecule has 0 spiro atoms. The van der Waals surface area contributed by atoms with Gasteiger partial charge in [-0.25, -0.2) is 0 Å². The summed E-state index contributed by atoms with van der Waals surface area (Å²) in [5.74, 6) is -2.70. The first-order chi connectivity index (χ1) is 14.0. The summed E-state index contributed by atoms with van der Waals surface area (Å²) in [6, 6.07) is 0. The maximum atomic E-state index is 12.1. The van der Waals surface area contributed by atoms with E-state index >= 15 is 0 Å². The molecule has 5 atom stereocenters. The zero-order valence-corrected chi connectivity index (χ0v) is 18.8. The predicted molar refractivity (Wildman–Crippen MR) is 117 cm³/mol. The number of carbonyl (C=O) groups excluding carboxylic acids is 1. The highest BCUT2D eigenvalue weighted by atomic mass is 16.6. The molecule has 6 nitrogen and oxygen atoms in total. The van der Waals surface area contributed by atoms with E-state index in [2.05, 4.69) is 13.0 Å². The van der Waals surface area contributed by atoms with Crippen molar-refractivity contribution < 1.29 is 30.0 Å². The molecule has 1 rings (SSSR count). The molecule has 170 valence electrons. The number of allylic oxidation sites excluding steroid dienone is 4. The fraction of sp³-hybridized carbons (Fsp3) is 0.625. The smallest absolute Gasteiger partial charge is 0.298 e. The third kappa shape index (κ3) is 7.20. The van der Waals surface area contributed by atoms with Crippen molar-refractivity contribution in [1.82, 2.24) is 0 Å². The van der Waals surface area contributed by atoms with Crippen LogP contribution in [-0.4, -0.2) is 50.3 Å². The van der Waals surface area contributed by atoms with Gasteiger partial charge in [-0.1, -0.05) is 50.6 Å². The van der Waals surface area contributed by atoms with Crippen molar-refractivity contribution in [3.63, 3.8) is 0 Å². The van der Waals surface area contributed by atoms with Gasteiger partial charge in [0, 0.05) is 17.9 Å². The summed E-state index contributed by atoms with van der Waals surface area (Å²) in [7, 11) is 0. The topological polar surface area (TPSA) is 107 Å². The van der Waals surface area contributed by atoms with Crippen LogP contribution in [0.1, 0.15) is 66.7 Å². The fourth-order valence-corrected chi connectivity index (χ4v) is 3.21. The molecule has 0 aromatic heterocycles. The lowest BCUT2D eigenvalue weighted by molar-refractivity contribution is -0.213. The van der Waals surface area contributed by atoms with Crippen molar-refractivity contribution in [3.05, 3.63) is 47.3 Å². The highest BCUT2D eigenvalue weighted by molar-refractivity contribution is 6.03. The third-order valence-electron chi connectivity index (χ3n) is 5.40. The zero-order chi connectivity index (χ0) is 22.9. The minimum absolute atomic E-state index is 0.00739. The van der Waals surface area contributed by atoms with Crippen LogP contribution in [0.4, 0.5) is 0 Å². The number of hydrogen-bond acceptors (Lipinski definition) is 6. The van der Waals surface area contributed by atoms with Crippen LogP contribution in [0.3, 0.4) is 0 Å². The molecule has 0 bridgehead atoms. The number of aliphatic hydroxyl groups is 4. The highest BCUT2D eigenvalue weighted by Gasteiger charge is 2.50. The Morgan fingerprint density at radius 1 is 1.17 bits per heavy atom. The molecular formula is C24H38O6. The standard InChI is InChI=1S/C24H38O6/c1-6-7-12-16(2)22(27)17(3)13-10-8-9-11-14-20(26)15-21-18(4)23(28)24(29,30-21)19(5)25/h8-10,12-13,17,19-20,22,25-27,29H,6-7,11,14-15H2,1-5H3/b9-8+,13-10+,16-12+/t17-,19?,20?,22+,24?/m1/s1. The Morgan fingerprint density at radius 2 is 1.83 bits per heavy atom. The van der Waals surface area contributed by atoms with Gasteiger partial charge in [0.05, 0.1) is 12.2 Å². The van der Waals surface area contributed by atoms with Gasteiger partial charge in [-0.05, 0) is 45.6 Å². The Labute approximate surface area is 180 Å². The summed E-state index contributed by atoms with van der Waals surface area (Å²) >= 11 is 0. The van der Waals surface area contributed by atoms with Gasteiger partial charge in [-0.3, -0.25) is 4.79 Å². The van der Waals surface area contributed by atoms with E-state index in [-0.39, 0.29) is 23.7 Å². The van der Waals surface area contributed by atoms with Gasteiger partial charge in [0.25, 0.3) is 5.79 Å². The summed E-state index contributed by atoms with van der Waals surface area (Å²) in [6.45, 7) is 8.82. The molecule has 3 unspecified atom stereocenters. The van der Waals surface area contributed by atoms with Crippen LogP contribution in [0.2, 0.25) is 0 Å². The lowest BCUT2D eigenvalue weighted by Crippen LogP contribution is -2.47. The van der Waals surface area contributed by atoms with Crippen LogP contribution < -0.4 is 0 Å². The summed E-state index contributed by atoms with van der Waals surface area (Å²) in [6.07, 6.45) is 10.3. The van der Waals surface area contributed by atoms with Gasteiger partial charge < -0.3 is 25.2 Å². The molecule has 0 fully saturated rings. The lowest BCUT2D eigenvalue weighted by atomic mass is 9.97. The van der Waals surface area contributed by atoms with Crippen molar-refractivity contribution >= 4 is 5.78 Å². The summed E-state index contributed by atoms with van der Waals surface area (Å²) < 4.78 is 5.26. The number of rotatable bonds is 12. The average molecular weight is 423 g/mol. The molecule has 0 aromatic carbocycles. The minimum Gasteiger partial charge on any atom is -0.456 e. The number of unbranched alkanes of at least 4 members (excludes halogenated alkanes) is 1.